The van der Waals surface area contributed by atoms with Crippen LogP contribution in [0, 0.1) is 11.8 Å². The van der Waals surface area contributed by atoms with Crippen LogP contribution in [0.25, 0.3) is 0 Å². The highest BCUT2D eigenvalue weighted by Crippen LogP contribution is 2.28. The Labute approximate surface area is 116 Å². The number of amides is 1. The van der Waals surface area contributed by atoms with Crippen LogP contribution in [-0.2, 0) is 9.53 Å². The molecular weight excluding hydrogens is 252 g/mol. The molecule has 1 saturated heterocycles. The molecule has 1 aliphatic carbocycles. The van der Waals surface area contributed by atoms with Gasteiger partial charge in [-0.2, -0.15) is 0 Å². The molecule has 0 spiro atoms. The Bertz CT molecular complexity index is 241. The molecule has 5 heteroatoms. The van der Waals surface area contributed by atoms with E-state index in [1.807, 2.05) is 0 Å². The summed E-state index contributed by atoms with van der Waals surface area (Å²) in [5, 5.41) is 6.32. The van der Waals surface area contributed by atoms with Gasteiger partial charge in [-0.1, -0.05) is 0 Å². The molecule has 1 unspecified atom stereocenters. The van der Waals surface area contributed by atoms with Crippen molar-refractivity contribution in [3.05, 3.63) is 0 Å². The number of nitrogens with one attached hydrogen (secondary N) is 2. The van der Waals surface area contributed by atoms with Gasteiger partial charge in [-0.05, 0) is 57.0 Å². The molecule has 2 aliphatic rings. The molecule has 2 fully saturated rings. The van der Waals surface area contributed by atoms with Gasteiger partial charge in [-0.25, -0.2) is 0 Å². The van der Waals surface area contributed by atoms with E-state index in [-0.39, 0.29) is 24.9 Å². The van der Waals surface area contributed by atoms with Crippen molar-refractivity contribution in [1.29, 1.82) is 0 Å². The molecule has 1 heterocycles. The number of ether oxygens (including phenoxy) is 1. The molecule has 4 nitrogen and oxygen atoms in total. The second-order valence-corrected chi connectivity index (χ2v) is 5.31. The van der Waals surface area contributed by atoms with Gasteiger partial charge in [0, 0.05) is 6.54 Å². The van der Waals surface area contributed by atoms with E-state index in [1.54, 1.807) is 0 Å². The minimum Gasteiger partial charge on any atom is -0.371 e. The van der Waals surface area contributed by atoms with Gasteiger partial charge in [0.2, 0.25) is 5.91 Å². The number of hydrogen-bond donors (Lipinski definition) is 2. The molecule has 106 valence electrons. The first-order valence-corrected chi connectivity index (χ1v) is 6.90. The summed E-state index contributed by atoms with van der Waals surface area (Å²) in [5.74, 6) is 1.50. The van der Waals surface area contributed by atoms with Crippen LogP contribution in [0.15, 0.2) is 0 Å². The molecule has 0 bridgehead atoms. The number of halogens is 1. The van der Waals surface area contributed by atoms with Gasteiger partial charge in [-0.3, -0.25) is 4.79 Å². The first kappa shape index (κ1) is 15.7. The summed E-state index contributed by atoms with van der Waals surface area (Å²) in [6.45, 7) is 4.04. The summed E-state index contributed by atoms with van der Waals surface area (Å²) in [5.41, 5.74) is 0. The molecule has 0 radical (unpaired) electrons. The number of carbonyl (C=O) groups excluding carboxylic acids is 1. The van der Waals surface area contributed by atoms with Gasteiger partial charge >= 0.3 is 0 Å². The Balaban J connectivity index is 0.00000162. The standard InChI is InChI=1S/C13H24N2O2.ClH/c16-13(10-17-9-12-3-4-12)15-7-5-11-2-1-6-14-8-11;/h11-12,14H,1-10H2,(H,15,16);1H. The van der Waals surface area contributed by atoms with E-state index >= 15 is 0 Å². The molecule has 1 saturated carbocycles. The second kappa shape index (κ2) is 8.73. The fraction of sp³-hybridized carbons (Fsp3) is 0.923. The van der Waals surface area contributed by atoms with E-state index < -0.39 is 0 Å². The fourth-order valence-electron chi connectivity index (χ4n) is 2.24. The Morgan fingerprint density at radius 3 is 2.78 bits per heavy atom. The lowest BCUT2D eigenvalue weighted by atomic mass is 9.96. The van der Waals surface area contributed by atoms with Crippen LogP contribution in [-0.4, -0.2) is 38.8 Å². The quantitative estimate of drug-likeness (QED) is 0.738. The van der Waals surface area contributed by atoms with Crippen molar-refractivity contribution < 1.29 is 9.53 Å². The van der Waals surface area contributed by atoms with Crippen molar-refractivity contribution in [3.8, 4) is 0 Å². The van der Waals surface area contributed by atoms with Gasteiger partial charge < -0.3 is 15.4 Å². The molecule has 1 amide bonds. The zero-order chi connectivity index (χ0) is 11.9. The maximum atomic E-state index is 11.4. The highest BCUT2D eigenvalue weighted by atomic mass is 35.5. The fourth-order valence-corrected chi connectivity index (χ4v) is 2.24. The van der Waals surface area contributed by atoms with Crippen LogP contribution < -0.4 is 10.6 Å². The highest BCUT2D eigenvalue weighted by Gasteiger charge is 2.21. The molecular formula is C13H25ClN2O2. The first-order chi connectivity index (χ1) is 8.34. The van der Waals surface area contributed by atoms with Gasteiger partial charge in [0.15, 0.2) is 0 Å². The molecule has 0 aromatic carbocycles. The minimum atomic E-state index is 0. The first-order valence-electron chi connectivity index (χ1n) is 6.90. The van der Waals surface area contributed by atoms with Crippen molar-refractivity contribution in [3.63, 3.8) is 0 Å². The van der Waals surface area contributed by atoms with Crippen LogP contribution >= 0.6 is 12.4 Å². The molecule has 2 rings (SSSR count). The average Bonchev–Trinajstić information content (AvgIpc) is 3.14. The second-order valence-electron chi connectivity index (χ2n) is 5.31. The van der Waals surface area contributed by atoms with Crippen LogP contribution in [0.4, 0.5) is 0 Å². The third-order valence-electron chi connectivity index (χ3n) is 3.56. The lowest BCUT2D eigenvalue weighted by molar-refractivity contribution is -0.125. The summed E-state index contributed by atoms with van der Waals surface area (Å²) in [4.78, 5) is 11.4. The summed E-state index contributed by atoms with van der Waals surface area (Å²) in [6, 6.07) is 0. The predicted molar refractivity (Wildman–Crippen MR) is 74.0 cm³/mol. The van der Waals surface area contributed by atoms with Crippen LogP contribution in [0.1, 0.15) is 32.1 Å². The Morgan fingerprint density at radius 1 is 1.28 bits per heavy atom. The molecule has 18 heavy (non-hydrogen) atoms. The topological polar surface area (TPSA) is 50.4 Å². The lowest BCUT2D eigenvalue weighted by Crippen LogP contribution is -2.34. The van der Waals surface area contributed by atoms with Gasteiger partial charge in [-0.15, -0.1) is 12.4 Å². The van der Waals surface area contributed by atoms with Gasteiger partial charge in [0.05, 0.1) is 6.61 Å². The van der Waals surface area contributed by atoms with Crippen LogP contribution in [0.3, 0.4) is 0 Å². The lowest BCUT2D eigenvalue weighted by Gasteiger charge is -2.22. The van der Waals surface area contributed by atoms with Crippen molar-refractivity contribution in [1.82, 2.24) is 10.6 Å². The summed E-state index contributed by atoms with van der Waals surface area (Å²) in [6.07, 6.45) is 6.19. The van der Waals surface area contributed by atoms with Crippen molar-refractivity contribution >= 4 is 18.3 Å². The van der Waals surface area contributed by atoms with Crippen molar-refractivity contribution in [2.24, 2.45) is 11.8 Å². The normalized spacial score (nSPS) is 23.2. The summed E-state index contributed by atoms with van der Waals surface area (Å²) >= 11 is 0. The van der Waals surface area contributed by atoms with Crippen molar-refractivity contribution in [2.75, 3.05) is 32.8 Å². The minimum absolute atomic E-state index is 0. The zero-order valence-corrected chi connectivity index (χ0v) is 11.8. The Morgan fingerprint density at radius 2 is 2.11 bits per heavy atom. The van der Waals surface area contributed by atoms with Gasteiger partial charge in [0.25, 0.3) is 0 Å². The molecule has 2 N–H and O–H groups in total. The molecule has 0 aromatic heterocycles. The molecule has 1 aliphatic heterocycles. The molecule has 0 aromatic rings. The number of rotatable bonds is 7. The monoisotopic (exact) mass is 276 g/mol. The largest absolute Gasteiger partial charge is 0.371 e. The van der Waals surface area contributed by atoms with E-state index in [1.165, 1.54) is 25.7 Å². The number of piperidine rings is 1. The van der Waals surface area contributed by atoms with E-state index in [0.29, 0.717) is 0 Å². The third-order valence-corrected chi connectivity index (χ3v) is 3.56. The van der Waals surface area contributed by atoms with E-state index in [0.717, 1.165) is 44.5 Å². The average molecular weight is 277 g/mol. The SMILES string of the molecule is Cl.O=C(COCC1CC1)NCCC1CCCNC1. The van der Waals surface area contributed by atoms with Crippen LogP contribution in [0.2, 0.25) is 0 Å². The summed E-state index contributed by atoms with van der Waals surface area (Å²) in [7, 11) is 0. The maximum absolute atomic E-state index is 11.4. The summed E-state index contributed by atoms with van der Waals surface area (Å²) < 4.78 is 5.34. The van der Waals surface area contributed by atoms with Crippen LogP contribution in [0.5, 0.6) is 0 Å². The van der Waals surface area contributed by atoms with E-state index in [2.05, 4.69) is 10.6 Å². The predicted octanol–water partition coefficient (Wildman–Crippen LogP) is 1.34. The zero-order valence-electron chi connectivity index (χ0n) is 11.0. The smallest absolute Gasteiger partial charge is 0.245 e. The van der Waals surface area contributed by atoms with E-state index in [4.69, 9.17) is 4.74 Å². The number of hydrogen-bond acceptors (Lipinski definition) is 3. The highest BCUT2D eigenvalue weighted by molar-refractivity contribution is 5.85. The Hall–Kier alpha value is -0.320. The third kappa shape index (κ3) is 6.57. The Kier molecular flexibility index (Phi) is 7.63. The number of carbonyl (C=O) groups is 1. The van der Waals surface area contributed by atoms with E-state index in [9.17, 15) is 4.79 Å². The molecule has 1 atom stereocenters. The van der Waals surface area contributed by atoms with Crippen molar-refractivity contribution in [2.45, 2.75) is 32.1 Å². The van der Waals surface area contributed by atoms with Gasteiger partial charge in [0.1, 0.15) is 6.61 Å². The maximum Gasteiger partial charge on any atom is 0.245 e.